The Hall–Kier alpha value is -2.97. The van der Waals surface area contributed by atoms with Gasteiger partial charge >= 0.3 is 6.03 Å². The third-order valence-electron chi connectivity index (χ3n) is 2.63. The fourth-order valence-electron chi connectivity index (χ4n) is 1.62. The molecule has 0 saturated carbocycles. The first-order valence-corrected chi connectivity index (χ1v) is 6.33. The Labute approximate surface area is 124 Å². The van der Waals surface area contributed by atoms with Crippen molar-refractivity contribution in [2.75, 3.05) is 18.4 Å². The molecule has 0 saturated heterocycles. The van der Waals surface area contributed by atoms with Gasteiger partial charge in [0.15, 0.2) is 0 Å². The van der Waals surface area contributed by atoms with Crippen molar-refractivity contribution in [3.8, 4) is 0 Å². The van der Waals surface area contributed by atoms with Crippen molar-refractivity contribution in [2.45, 2.75) is 0 Å². The van der Waals surface area contributed by atoms with Crippen LogP contribution in [0.5, 0.6) is 0 Å². The monoisotopic (exact) mass is 309 g/mol. The Morgan fingerprint density at radius 3 is 2.64 bits per heavy atom. The number of carbonyl (C=O) groups excluding carboxylic acids is 2. The van der Waals surface area contributed by atoms with Crippen LogP contribution in [0.3, 0.4) is 0 Å². The second-order valence-electron chi connectivity index (χ2n) is 4.25. The summed E-state index contributed by atoms with van der Waals surface area (Å²) >= 11 is 0. The van der Waals surface area contributed by atoms with E-state index < -0.39 is 23.6 Å². The lowest BCUT2D eigenvalue weighted by Crippen LogP contribution is -2.37. The van der Waals surface area contributed by atoms with E-state index in [2.05, 4.69) is 26.1 Å². The zero-order chi connectivity index (χ0) is 15.9. The van der Waals surface area contributed by atoms with Crippen LogP contribution in [0.4, 0.5) is 19.3 Å². The average Bonchev–Trinajstić information content (AvgIpc) is 2.96. The lowest BCUT2D eigenvalue weighted by Gasteiger charge is -2.08. The first-order valence-electron chi connectivity index (χ1n) is 6.33. The smallest absolute Gasteiger partial charge is 0.319 e. The van der Waals surface area contributed by atoms with Crippen LogP contribution >= 0.6 is 0 Å². The Bertz CT molecular complexity index is 660. The number of rotatable bonds is 5. The van der Waals surface area contributed by atoms with Crippen LogP contribution in [0.1, 0.15) is 10.4 Å². The van der Waals surface area contributed by atoms with Gasteiger partial charge in [0.05, 0.1) is 17.4 Å². The fraction of sp³-hybridized carbons (Fsp3) is 0.154. The van der Waals surface area contributed by atoms with Crippen LogP contribution in [-0.2, 0) is 0 Å². The van der Waals surface area contributed by atoms with Gasteiger partial charge in [0, 0.05) is 25.4 Å². The molecule has 1 heterocycles. The minimum atomic E-state index is -0.942. The maximum Gasteiger partial charge on any atom is 0.319 e. The van der Waals surface area contributed by atoms with Crippen molar-refractivity contribution in [3.05, 3.63) is 47.8 Å². The van der Waals surface area contributed by atoms with Gasteiger partial charge in [-0.1, -0.05) is 0 Å². The highest BCUT2D eigenvalue weighted by atomic mass is 19.1. The van der Waals surface area contributed by atoms with Gasteiger partial charge in [-0.25, -0.2) is 13.6 Å². The molecule has 0 aliphatic carbocycles. The molecule has 0 bridgehead atoms. The van der Waals surface area contributed by atoms with Gasteiger partial charge in [-0.05, 0) is 12.1 Å². The molecule has 0 spiro atoms. The lowest BCUT2D eigenvalue weighted by molar-refractivity contribution is 0.0950. The first kappa shape index (κ1) is 15.4. The van der Waals surface area contributed by atoms with Gasteiger partial charge in [-0.3, -0.25) is 9.89 Å². The van der Waals surface area contributed by atoms with Gasteiger partial charge in [-0.15, -0.1) is 0 Å². The highest BCUT2D eigenvalue weighted by Gasteiger charge is 2.11. The summed E-state index contributed by atoms with van der Waals surface area (Å²) in [6.07, 6.45) is 2.93. The molecule has 0 fully saturated rings. The topological polar surface area (TPSA) is 98.9 Å². The maximum atomic E-state index is 13.4. The molecule has 1 aromatic heterocycles. The average molecular weight is 309 g/mol. The van der Waals surface area contributed by atoms with Crippen molar-refractivity contribution < 1.29 is 18.4 Å². The van der Waals surface area contributed by atoms with Crippen LogP contribution < -0.4 is 16.0 Å². The molecule has 0 unspecified atom stereocenters. The number of nitrogens with one attached hydrogen (secondary N) is 4. The Kier molecular flexibility index (Phi) is 5.02. The summed E-state index contributed by atoms with van der Waals surface area (Å²) in [5.74, 6) is -2.38. The molecule has 0 atom stereocenters. The second-order valence-corrected chi connectivity index (χ2v) is 4.25. The molecule has 9 heteroatoms. The number of amides is 3. The van der Waals surface area contributed by atoms with E-state index in [4.69, 9.17) is 0 Å². The fourth-order valence-corrected chi connectivity index (χ4v) is 1.62. The second kappa shape index (κ2) is 7.16. The van der Waals surface area contributed by atoms with Crippen molar-refractivity contribution in [2.24, 2.45) is 0 Å². The molecule has 116 valence electrons. The molecule has 2 aromatic rings. The number of halogens is 2. The van der Waals surface area contributed by atoms with Crippen molar-refractivity contribution >= 4 is 17.6 Å². The number of hydrogen-bond donors (Lipinski definition) is 4. The predicted molar refractivity (Wildman–Crippen MR) is 74.3 cm³/mol. The van der Waals surface area contributed by atoms with Gasteiger partial charge in [0.2, 0.25) is 0 Å². The molecule has 2 rings (SSSR count). The van der Waals surface area contributed by atoms with E-state index in [0.717, 1.165) is 12.1 Å². The van der Waals surface area contributed by atoms with Crippen molar-refractivity contribution in [1.82, 2.24) is 20.8 Å². The number of anilines is 1. The van der Waals surface area contributed by atoms with Gasteiger partial charge < -0.3 is 16.0 Å². The Morgan fingerprint density at radius 2 is 1.95 bits per heavy atom. The normalized spacial score (nSPS) is 10.1. The molecule has 4 N–H and O–H groups in total. The van der Waals surface area contributed by atoms with E-state index in [-0.39, 0.29) is 18.7 Å². The van der Waals surface area contributed by atoms with Crippen molar-refractivity contribution in [1.29, 1.82) is 0 Å². The van der Waals surface area contributed by atoms with Gasteiger partial charge in [0.1, 0.15) is 11.6 Å². The van der Waals surface area contributed by atoms with Gasteiger partial charge in [0.25, 0.3) is 5.91 Å². The number of carbonyl (C=O) groups is 2. The molecule has 0 radical (unpaired) electrons. The number of nitrogens with zero attached hydrogens (tertiary/aromatic N) is 1. The largest absolute Gasteiger partial charge is 0.350 e. The van der Waals surface area contributed by atoms with E-state index in [1.165, 1.54) is 12.4 Å². The van der Waals surface area contributed by atoms with Crippen molar-refractivity contribution in [3.63, 3.8) is 0 Å². The summed E-state index contributed by atoms with van der Waals surface area (Å²) in [5.41, 5.74) is 0.235. The summed E-state index contributed by atoms with van der Waals surface area (Å²) in [5, 5.41) is 13.6. The van der Waals surface area contributed by atoms with E-state index in [1.54, 1.807) is 0 Å². The quantitative estimate of drug-likeness (QED) is 0.625. The minimum Gasteiger partial charge on any atom is -0.350 e. The lowest BCUT2D eigenvalue weighted by atomic mass is 10.2. The third kappa shape index (κ3) is 4.27. The molecule has 7 nitrogen and oxygen atoms in total. The zero-order valence-electron chi connectivity index (χ0n) is 11.3. The first-order chi connectivity index (χ1) is 10.6. The predicted octanol–water partition coefficient (Wildman–Crippen LogP) is 1.24. The number of hydrogen-bond acceptors (Lipinski definition) is 3. The number of benzene rings is 1. The third-order valence-corrected chi connectivity index (χ3v) is 2.63. The van der Waals surface area contributed by atoms with E-state index in [0.29, 0.717) is 11.8 Å². The molecule has 0 aliphatic rings. The number of H-pyrrole nitrogens is 1. The standard InChI is InChI=1S/C13H13F2N5O2/c14-8-1-2-10(11(15)5-8)12(21)16-3-4-17-13(22)20-9-6-18-19-7-9/h1-2,5-7H,3-4H2,(H,16,21)(H,18,19)(H2,17,20,22). The maximum absolute atomic E-state index is 13.4. The summed E-state index contributed by atoms with van der Waals surface area (Å²) in [6, 6.07) is 2.21. The SMILES string of the molecule is O=C(NCCNC(=O)c1ccc(F)cc1F)Nc1cn[nH]c1. The van der Waals surface area contributed by atoms with Crippen LogP contribution in [0, 0.1) is 11.6 Å². The van der Waals surface area contributed by atoms with Crippen LogP contribution in [0.25, 0.3) is 0 Å². The summed E-state index contributed by atoms with van der Waals surface area (Å²) in [6.45, 7) is 0.229. The number of aromatic nitrogens is 2. The number of urea groups is 1. The summed E-state index contributed by atoms with van der Waals surface area (Å²) in [7, 11) is 0. The Balaban J connectivity index is 1.72. The molecular weight excluding hydrogens is 296 g/mol. The van der Waals surface area contributed by atoms with E-state index in [1.807, 2.05) is 0 Å². The summed E-state index contributed by atoms with van der Waals surface area (Å²) < 4.78 is 26.1. The van der Waals surface area contributed by atoms with E-state index >= 15 is 0 Å². The minimum absolute atomic E-state index is 0.0917. The van der Waals surface area contributed by atoms with Gasteiger partial charge in [-0.2, -0.15) is 5.10 Å². The number of aromatic amines is 1. The van der Waals surface area contributed by atoms with E-state index in [9.17, 15) is 18.4 Å². The molecular formula is C13H13F2N5O2. The molecule has 3 amide bonds. The van der Waals surface area contributed by atoms with Crippen LogP contribution in [-0.4, -0.2) is 35.2 Å². The van der Waals surface area contributed by atoms with Crippen LogP contribution in [0.15, 0.2) is 30.6 Å². The molecule has 1 aromatic carbocycles. The van der Waals surface area contributed by atoms with Crippen LogP contribution in [0.2, 0.25) is 0 Å². The highest BCUT2D eigenvalue weighted by molar-refractivity contribution is 5.94. The molecule has 22 heavy (non-hydrogen) atoms. The highest BCUT2D eigenvalue weighted by Crippen LogP contribution is 2.08. The Morgan fingerprint density at radius 1 is 1.18 bits per heavy atom. The zero-order valence-corrected chi connectivity index (χ0v) is 11.3. The molecule has 0 aliphatic heterocycles. The summed E-state index contributed by atoms with van der Waals surface area (Å²) in [4.78, 5) is 23.1.